The molecule has 0 radical (unpaired) electrons. The molecule has 2 nitrogen and oxygen atoms in total. The SMILES string of the molecule is C=C1CNCC2CCCN12. The van der Waals surface area contributed by atoms with E-state index in [-0.39, 0.29) is 0 Å². The normalized spacial score (nSPS) is 32.6. The van der Waals surface area contributed by atoms with Gasteiger partial charge in [0.25, 0.3) is 0 Å². The van der Waals surface area contributed by atoms with Gasteiger partial charge < -0.3 is 10.2 Å². The molecule has 0 aromatic carbocycles. The molecule has 0 bridgehead atoms. The van der Waals surface area contributed by atoms with Crippen LogP contribution in [0.3, 0.4) is 0 Å². The quantitative estimate of drug-likeness (QED) is 0.526. The first kappa shape index (κ1) is 6.23. The largest absolute Gasteiger partial charge is 0.370 e. The Balaban J connectivity index is 2.10. The van der Waals surface area contributed by atoms with Gasteiger partial charge in [-0.05, 0) is 12.8 Å². The molecule has 56 valence electrons. The van der Waals surface area contributed by atoms with Crippen molar-refractivity contribution in [3.63, 3.8) is 0 Å². The highest BCUT2D eigenvalue weighted by atomic mass is 15.2. The Morgan fingerprint density at radius 3 is 3.30 bits per heavy atom. The van der Waals surface area contributed by atoms with Crippen LogP contribution in [0, 0.1) is 0 Å². The van der Waals surface area contributed by atoms with Gasteiger partial charge in [-0.15, -0.1) is 0 Å². The van der Waals surface area contributed by atoms with Crippen molar-refractivity contribution >= 4 is 0 Å². The summed E-state index contributed by atoms with van der Waals surface area (Å²) >= 11 is 0. The molecular weight excluding hydrogens is 124 g/mol. The minimum atomic E-state index is 0.765. The van der Waals surface area contributed by atoms with Crippen LogP contribution in [0.15, 0.2) is 12.3 Å². The predicted molar refractivity (Wildman–Crippen MR) is 41.7 cm³/mol. The van der Waals surface area contributed by atoms with Gasteiger partial charge in [-0.1, -0.05) is 6.58 Å². The lowest BCUT2D eigenvalue weighted by Crippen LogP contribution is -2.45. The number of piperazine rings is 1. The first-order valence-electron chi connectivity index (χ1n) is 4.03. The second-order valence-electron chi connectivity index (χ2n) is 3.19. The number of rotatable bonds is 0. The van der Waals surface area contributed by atoms with Crippen LogP contribution in [0.5, 0.6) is 0 Å². The van der Waals surface area contributed by atoms with Gasteiger partial charge in [0.1, 0.15) is 0 Å². The Bertz CT molecular complexity index is 153. The Morgan fingerprint density at radius 2 is 2.50 bits per heavy atom. The fourth-order valence-corrected chi connectivity index (χ4v) is 1.95. The van der Waals surface area contributed by atoms with Crippen molar-refractivity contribution in [3.05, 3.63) is 12.3 Å². The van der Waals surface area contributed by atoms with Gasteiger partial charge in [0, 0.05) is 31.4 Å². The molecule has 0 saturated carbocycles. The molecule has 0 aliphatic carbocycles. The Labute approximate surface area is 61.9 Å². The van der Waals surface area contributed by atoms with Crippen molar-refractivity contribution in [2.45, 2.75) is 18.9 Å². The highest BCUT2D eigenvalue weighted by Gasteiger charge is 2.27. The lowest BCUT2D eigenvalue weighted by molar-refractivity contribution is 0.270. The Morgan fingerprint density at radius 1 is 1.60 bits per heavy atom. The zero-order valence-electron chi connectivity index (χ0n) is 6.27. The fourth-order valence-electron chi connectivity index (χ4n) is 1.95. The first-order valence-corrected chi connectivity index (χ1v) is 4.03. The third-order valence-corrected chi connectivity index (χ3v) is 2.49. The van der Waals surface area contributed by atoms with Crippen LogP contribution in [-0.4, -0.2) is 30.6 Å². The molecule has 1 unspecified atom stereocenters. The van der Waals surface area contributed by atoms with Crippen molar-refractivity contribution < 1.29 is 0 Å². The molecule has 2 fully saturated rings. The number of hydrogen-bond acceptors (Lipinski definition) is 2. The smallest absolute Gasteiger partial charge is 0.0412 e. The van der Waals surface area contributed by atoms with Crippen molar-refractivity contribution in [1.29, 1.82) is 0 Å². The molecule has 2 heterocycles. The third kappa shape index (κ3) is 0.833. The van der Waals surface area contributed by atoms with Gasteiger partial charge in [-0.3, -0.25) is 0 Å². The fraction of sp³-hybridized carbons (Fsp3) is 0.750. The highest BCUT2D eigenvalue weighted by Crippen LogP contribution is 2.22. The van der Waals surface area contributed by atoms with E-state index >= 15 is 0 Å². The molecule has 2 heteroatoms. The van der Waals surface area contributed by atoms with E-state index in [4.69, 9.17) is 0 Å². The summed E-state index contributed by atoms with van der Waals surface area (Å²) in [6.07, 6.45) is 2.71. The molecule has 1 N–H and O–H groups in total. The topological polar surface area (TPSA) is 15.3 Å². The van der Waals surface area contributed by atoms with E-state index < -0.39 is 0 Å². The number of nitrogens with zero attached hydrogens (tertiary/aromatic N) is 1. The second kappa shape index (κ2) is 2.27. The molecule has 2 saturated heterocycles. The van der Waals surface area contributed by atoms with E-state index in [0.717, 1.165) is 12.6 Å². The summed E-state index contributed by atoms with van der Waals surface area (Å²) in [5.41, 5.74) is 1.29. The summed E-state index contributed by atoms with van der Waals surface area (Å²) in [4.78, 5) is 2.45. The average Bonchev–Trinajstić information content (AvgIpc) is 2.36. The molecule has 2 aliphatic rings. The van der Waals surface area contributed by atoms with Crippen molar-refractivity contribution in [1.82, 2.24) is 10.2 Å². The molecular formula is C8H14N2. The maximum atomic E-state index is 4.02. The molecule has 0 aromatic rings. The minimum absolute atomic E-state index is 0.765. The summed E-state index contributed by atoms with van der Waals surface area (Å²) in [5.74, 6) is 0. The molecule has 0 spiro atoms. The van der Waals surface area contributed by atoms with E-state index in [1.807, 2.05) is 0 Å². The molecule has 2 rings (SSSR count). The average molecular weight is 138 g/mol. The van der Waals surface area contributed by atoms with Crippen LogP contribution in [0.2, 0.25) is 0 Å². The van der Waals surface area contributed by atoms with Crippen molar-refractivity contribution in [2.24, 2.45) is 0 Å². The maximum Gasteiger partial charge on any atom is 0.0412 e. The van der Waals surface area contributed by atoms with Crippen molar-refractivity contribution in [3.8, 4) is 0 Å². The van der Waals surface area contributed by atoms with Crippen LogP contribution in [0.1, 0.15) is 12.8 Å². The van der Waals surface area contributed by atoms with Gasteiger partial charge >= 0.3 is 0 Å². The van der Waals surface area contributed by atoms with Crippen molar-refractivity contribution in [2.75, 3.05) is 19.6 Å². The van der Waals surface area contributed by atoms with E-state index in [9.17, 15) is 0 Å². The van der Waals surface area contributed by atoms with Crippen LogP contribution in [0.25, 0.3) is 0 Å². The molecule has 1 atom stereocenters. The maximum absolute atomic E-state index is 4.02. The Kier molecular flexibility index (Phi) is 1.42. The zero-order valence-corrected chi connectivity index (χ0v) is 6.27. The van der Waals surface area contributed by atoms with Crippen LogP contribution < -0.4 is 5.32 Å². The van der Waals surface area contributed by atoms with E-state index in [0.29, 0.717) is 0 Å². The highest BCUT2D eigenvalue weighted by molar-refractivity contribution is 5.05. The van der Waals surface area contributed by atoms with Gasteiger partial charge in [-0.25, -0.2) is 0 Å². The number of hydrogen-bond donors (Lipinski definition) is 1. The molecule has 10 heavy (non-hydrogen) atoms. The van der Waals surface area contributed by atoms with Gasteiger partial charge in [0.2, 0.25) is 0 Å². The summed E-state index contributed by atoms with van der Waals surface area (Å²) < 4.78 is 0. The lowest BCUT2D eigenvalue weighted by Gasteiger charge is -2.33. The van der Waals surface area contributed by atoms with E-state index in [1.165, 1.54) is 31.6 Å². The summed E-state index contributed by atoms with van der Waals surface area (Å²) in [6, 6.07) is 0.765. The monoisotopic (exact) mass is 138 g/mol. The van der Waals surface area contributed by atoms with Crippen LogP contribution in [-0.2, 0) is 0 Å². The van der Waals surface area contributed by atoms with E-state index in [1.54, 1.807) is 0 Å². The van der Waals surface area contributed by atoms with Crippen LogP contribution in [0.4, 0.5) is 0 Å². The van der Waals surface area contributed by atoms with Crippen LogP contribution >= 0.6 is 0 Å². The van der Waals surface area contributed by atoms with Gasteiger partial charge in [0.05, 0.1) is 0 Å². The number of fused-ring (bicyclic) bond motifs is 1. The first-order chi connectivity index (χ1) is 4.88. The predicted octanol–water partition coefficient (Wildman–Crippen LogP) is 0.568. The summed E-state index contributed by atoms with van der Waals surface area (Å²) in [5, 5.41) is 3.36. The third-order valence-electron chi connectivity index (χ3n) is 2.49. The van der Waals surface area contributed by atoms with E-state index in [2.05, 4.69) is 16.8 Å². The summed E-state index contributed by atoms with van der Waals surface area (Å²) in [6.45, 7) is 7.42. The van der Waals surface area contributed by atoms with Gasteiger partial charge in [0.15, 0.2) is 0 Å². The lowest BCUT2D eigenvalue weighted by atomic mass is 10.2. The standard InChI is InChI=1S/C8H14N2/c1-7-5-9-6-8-3-2-4-10(7)8/h8-9H,1-6H2. The zero-order chi connectivity index (χ0) is 6.97. The Hall–Kier alpha value is -0.500. The minimum Gasteiger partial charge on any atom is -0.370 e. The molecule has 2 aliphatic heterocycles. The second-order valence-corrected chi connectivity index (χ2v) is 3.19. The van der Waals surface area contributed by atoms with Gasteiger partial charge in [-0.2, -0.15) is 0 Å². The number of nitrogens with one attached hydrogen (secondary N) is 1. The molecule has 0 aromatic heterocycles. The summed E-state index contributed by atoms with van der Waals surface area (Å²) in [7, 11) is 0. The molecule has 0 amide bonds.